The van der Waals surface area contributed by atoms with Crippen LogP contribution in [-0.2, 0) is 21.3 Å². The van der Waals surface area contributed by atoms with Crippen LogP contribution < -0.4 is 5.32 Å². The van der Waals surface area contributed by atoms with E-state index in [4.69, 9.17) is 9.26 Å². The number of sulfonamides is 1. The van der Waals surface area contributed by atoms with Gasteiger partial charge in [0.25, 0.3) is 5.91 Å². The number of nitrogens with one attached hydrogen (secondary N) is 1. The number of amides is 1. The van der Waals surface area contributed by atoms with E-state index < -0.39 is 10.0 Å². The van der Waals surface area contributed by atoms with Gasteiger partial charge in [-0.15, -0.1) is 0 Å². The summed E-state index contributed by atoms with van der Waals surface area (Å²) in [6, 6.07) is 4.60. The molecule has 4 atom stereocenters. The number of halogens is 1. The molecule has 1 aliphatic carbocycles. The smallest absolute Gasteiger partial charge is 0.273 e. The second kappa shape index (κ2) is 9.35. The summed E-state index contributed by atoms with van der Waals surface area (Å²) in [4.78, 5) is 19.2. The van der Waals surface area contributed by atoms with Crippen molar-refractivity contribution in [2.45, 2.75) is 56.3 Å². The van der Waals surface area contributed by atoms with Gasteiger partial charge in [-0.2, -0.15) is 4.31 Å². The van der Waals surface area contributed by atoms with Crippen LogP contribution in [0.2, 0.25) is 0 Å². The molecule has 5 aliphatic rings. The van der Waals surface area contributed by atoms with Gasteiger partial charge >= 0.3 is 0 Å². The maximum absolute atomic E-state index is 13.5. The number of fused-ring (bicyclic) bond motifs is 3. The summed E-state index contributed by atoms with van der Waals surface area (Å²) in [7, 11) is -3.38. The third-order valence-electron chi connectivity index (χ3n) is 9.15. The van der Waals surface area contributed by atoms with E-state index in [1.54, 1.807) is 16.4 Å². The van der Waals surface area contributed by atoms with Gasteiger partial charge in [0.2, 0.25) is 10.0 Å². The average molecular weight is 546 g/mol. The van der Waals surface area contributed by atoms with E-state index in [-0.39, 0.29) is 53.1 Å². The van der Waals surface area contributed by atoms with Crippen molar-refractivity contribution in [3.63, 3.8) is 0 Å². The predicted molar refractivity (Wildman–Crippen MR) is 133 cm³/mol. The summed E-state index contributed by atoms with van der Waals surface area (Å²) in [6.45, 7) is 3.56. The van der Waals surface area contributed by atoms with Gasteiger partial charge in [-0.05, 0) is 55.6 Å². The van der Waals surface area contributed by atoms with Gasteiger partial charge in [0.1, 0.15) is 11.6 Å². The lowest BCUT2D eigenvalue weighted by Gasteiger charge is -2.38. The largest absolute Gasteiger partial charge is 0.380 e. The van der Waals surface area contributed by atoms with E-state index in [9.17, 15) is 17.6 Å². The molecule has 1 saturated carbocycles. The topological polar surface area (TPSA) is 118 Å². The standard InChI is InChI=1S/C26H32FN5O5S/c27-16-1-2-17(28-8-16)9-31-10-21-22(11-31)23(21)14-38(34,35)32-19-3-4-20(32)6-18(5-19)29-26(33)24-7-25(37-30-24)15-12-36-13-15/h1-2,7-8,15,18-23H,3-6,9-14H2,(H,29,33). The number of ether oxygens (including phenoxy) is 1. The zero-order valence-electron chi connectivity index (χ0n) is 21.0. The second-order valence-corrected chi connectivity index (χ2v) is 13.6. The minimum absolute atomic E-state index is 0.0660. The van der Waals surface area contributed by atoms with Crippen molar-refractivity contribution in [3.8, 4) is 0 Å². The maximum Gasteiger partial charge on any atom is 0.273 e. The van der Waals surface area contributed by atoms with Crippen LogP contribution in [0.5, 0.6) is 0 Å². The highest BCUT2D eigenvalue weighted by atomic mass is 32.2. The number of carbonyl (C=O) groups is 1. The van der Waals surface area contributed by atoms with Gasteiger partial charge in [-0.1, -0.05) is 5.16 Å². The van der Waals surface area contributed by atoms with Gasteiger partial charge in [0.15, 0.2) is 5.69 Å². The average Bonchev–Trinajstić information content (AvgIpc) is 3.26. The number of hydrogen-bond acceptors (Lipinski definition) is 8. The number of pyridine rings is 1. The van der Waals surface area contributed by atoms with Crippen LogP contribution in [0.25, 0.3) is 0 Å². The van der Waals surface area contributed by atoms with Gasteiger partial charge < -0.3 is 14.6 Å². The molecule has 6 heterocycles. The van der Waals surface area contributed by atoms with Crippen molar-refractivity contribution in [2.24, 2.45) is 17.8 Å². The summed E-state index contributed by atoms with van der Waals surface area (Å²) >= 11 is 0. The van der Waals surface area contributed by atoms with E-state index in [0.717, 1.165) is 31.6 Å². The van der Waals surface area contributed by atoms with Gasteiger partial charge in [0.05, 0.1) is 36.8 Å². The van der Waals surface area contributed by atoms with Crippen LogP contribution in [0, 0.1) is 23.6 Å². The van der Waals surface area contributed by atoms with Crippen LogP contribution in [0.3, 0.4) is 0 Å². The zero-order chi connectivity index (χ0) is 26.0. The van der Waals surface area contributed by atoms with E-state index >= 15 is 0 Å². The Morgan fingerprint density at radius 1 is 1.13 bits per heavy atom. The van der Waals surface area contributed by atoms with Crippen molar-refractivity contribution in [2.75, 3.05) is 32.1 Å². The van der Waals surface area contributed by atoms with Crippen molar-refractivity contribution in [1.29, 1.82) is 0 Å². The highest BCUT2D eigenvalue weighted by Gasteiger charge is 2.58. The maximum atomic E-state index is 13.5. The molecule has 10 nitrogen and oxygen atoms in total. The Labute approximate surface area is 220 Å². The quantitative estimate of drug-likeness (QED) is 0.533. The number of likely N-dealkylation sites (tertiary alicyclic amines) is 1. The molecular weight excluding hydrogens is 513 g/mol. The zero-order valence-corrected chi connectivity index (χ0v) is 21.9. The summed E-state index contributed by atoms with van der Waals surface area (Å²) in [5, 5.41) is 6.99. The molecule has 0 aromatic carbocycles. The molecule has 0 spiro atoms. The first-order chi connectivity index (χ1) is 18.3. The third kappa shape index (κ3) is 4.55. The molecule has 2 bridgehead atoms. The molecule has 1 N–H and O–H groups in total. The molecule has 4 saturated heterocycles. The predicted octanol–water partition coefficient (Wildman–Crippen LogP) is 1.76. The molecule has 0 radical (unpaired) electrons. The van der Waals surface area contributed by atoms with Crippen molar-refractivity contribution in [1.82, 2.24) is 24.7 Å². The number of aromatic nitrogens is 2. The molecule has 204 valence electrons. The second-order valence-electron chi connectivity index (χ2n) is 11.6. The molecule has 7 rings (SSSR count). The summed E-state index contributed by atoms with van der Waals surface area (Å²) in [5.74, 6) is 1.44. The van der Waals surface area contributed by atoms with Crippen LogP contribution >= 0.6 is 0 Å². The normalized spacial score (nSPS) is 33.2. The SMILES string of the molecule is O=C(NC1CC2CCC(C1)N2S(=O)(=O)CC1C2CN(Cc3ccc(F)cn3)CC21)c1cc(C2COC2)on1. The first-order valence-electron chi connectivity index (χ1n) is 13.5. The fraction of sp³-hybridized carbons (Fsp3) is 0.654. The van der Waals surface area contributed by atoms with E-state index in [0.29, 0.717) is 50.2 Å². The molecule has 4 unspecified atom stereocenters. The summed E-state index contributed by atoms with van der Waals surface area (Å²) in [5.41, 5.74) is 1.10. The number of carbonyl (C=O) groups excluding carboxylic acids is 1. The monoisotopic (exact) mass is 545 g/mol. The van der Waals surface area contributed by atoms with Crippen LogP contribution in [-0.4, -0.2) is 83.9 Å². The molecule has 2 aromatic rings. The third-order valence-corrected chi connectivity index (χ3v) is 11.2. The lowest BCUT2D eigenvalue weighted by molar-refractivity contribution is -0.00228. The van der Waals surface area contributed by atoms with Crippen molar-refractivity contribution in [3.05, 3.63) is 47.4 Å². The van der Waals surface area contributed by atoms with E-state index in [2.05, 4.69) is 20.4 Å². The first kappa shape index (κ1) is 24.6. The minimum atomic E-state index is -3.38. The Bertz CT molecular complexity index is 1290. The van der Waals surface area contributed by atoms with Gasteiger partial charge in [-0.3, -0.25) is 14.7 Å². The van der Waals surface area contributed by atoms with Gasteiger partial charge in [-0.25, -0.2) is 12.8 Å². The molecule has 38 heavy (non-hydrogen) atoms. The lowest BCUT2D eigenvalue weighted by atomic mass is 9.99. The minimum Gasteiger partial charge on any atom is -0.380 e. The van der Waals surface area contributed by atoms with E-state index in [1.165, 1.54) is 12.3 Å². The highest BCUT2D eigenvalue weighted by Crippen LogP contribution is 2.53. The van der Waals surface area contributed by atoms with Gasteiger partial charge in [0, 0.05) is 43.8 Å². The fourth-order valence-electron chi connectivity index (χ4n) is 7.13. The summed E-state index contributed by atoms with van der Waals surface area (Å²) < 4.78 is 52.4. The lowest BCUT2D eigenvalue weighted by Crippen LogP contribution is -2.53. The fourth-order valence-corrected chi connectivity index (χ4v) is 9.57. The molecular formula is C26H32FN5O5S. The van der Waals surface area contributed by atoms with Crippen molar-refractivity contribution < 1.29 is 26.9 Å². The van der Waals surface area contributed by atoms with Crippen LogP contribution in [0.15, 0.2) is 28.9 Å². The summed E-state index contributed by atoms with van der Waals surface area (Å²) in [6.07, 6.45) is 4.15. The Morgan fingerprint density at radius 2 is 1.87 bits per heavy atom. The van der Waals surface area contributed by atoms with Crippen molar-refractivity contribution >= 4 is 15.9 Å². The van der Waals surface area contributed by atoms with E-state index in [1.807, 2.05) is 0 Å². The molecule has 1 amide bonds. The molecule has 4 aliphatic heterocycles. The Balaban J connectivity index is 0.918. The van der Waals surface area contributed by atoms with Crippen LogP contribution in [0.4, 0.5) is 4.39 Å². The Hall–Kier alpha value is -2.41. The highest BCUT2D eigenvalue weighted by molar-refractivity contribution is 7.89. The Morgan fingerprint density at radius 3 is 2.50 bits per heavy atom. The molecule has 5 fully saturated rings. The number of hydrogen-bond donors (Lipinski definition) is 1. The first-order valence-corrected chi connectivity index (χ1v) is 15.1. The van der Waals surface area contributed by atoms with Crippen LogP contribution in [0.1, 0.15) is 53.5 Å². The number of nitrogens with zero attached hydrogens (tertiary/aromatic N) is 4. The number of piperidine rings is 2. The molecule has 2 aromatic heterocycles. The molecule has 12 heteroatoms. The Kier molecular flexibility index (Phi) is 6.06. The number of rotatable bonds is 8.